The zero-order valence-corrected chi connectivity index (χ0v) is 6.30. The third-order valence-electron chi connectivity index (χ3n) is 1.99. The van der Waals surface area contributed by atoms with Crippen LogP contribution < -0.4 is 5.73 Å². The van der Waals surface area contributed by atoms with Crippen molar-refractivity contribution in [1.29, 1.82) is 0 Å². The minimum atomic E-state index is 0.374. The van der Waals surface area contributed by atoms with Crippen molar-refractivity contribution in [3.05, 3.63) is 23.2 Å². The lowest BCUT2D eigenvalue weighted by atomic mass is 10.0. The van der Waals surface area contributed by atoms with Crippen molar-refractivity contribution in [1.82, 2.24) is 0 Å². The maximum atomic E-state index is 5.50. The molecule has 3 nitrogen and oxygen atoms in total. The van der Waals surface area contributed by atoms with Crippen molar-refractivity contribution < 1.29 is 9.47 Å². The van der Waals surface area contributed by atoms with Crippen molar-refractivity contribution in [3.8, 4) is 0 Å². The zero-order chi connectivity index (χ0) is 7.68. The summed E-state index contributed by atoms with van der Waals surface area (Å²) in [5.74, 6) is 1.87. The van der Waals surface area contributed by atoms with Gasteiger partial charge in [0.25, 0.3) is 0 Å². The van der Waals surface area contributed by atoms with Crippen LogP contribution in [0.5, 0.6) is 0 Å². The van der Waals surface area contributed by atoms with E-state index >= 15 is 0 Å². The summed E-state index contributed by atoms with van der Waals surface area (Å²) in [7, 11) is 0. The minimum absolute atomic E-state index is 0.374. The van der Waals surface area contributed by atoms with Gasteiger partial charge in [0.15, 0.2) is 5.76 Å². The van der Waals surface area contributed by atoms with Crippen molar-refractivity contribution in [3.63, 3.8) is 0 Å². The Labute approximate surface area is 65.5 Å². The molecule has 0 radical (unpaired) electrons. The van der Waals surface area contributed by atoms with E-state index < -0.39 is 0 Å². The summed E-state index contributed by atoms with van der Waals surface area (Å²) in [4.78, 5) is 0. The molecule has 1 aliphatic heterocycles. The standard InChI is InChI=1S/C8H11NO2/c9-4-6-1-2-7-8(3-6)11-5-10-7/h3H,1-2,4-5,9H2. The van der Waals surface area contributed by atoms with Gasteiger partial charge in [-0.25, -0.2) is 0 Å². The quantitative estimate of drug-likeness (QED) is 0.608. The van der Waals surface area contributed by atoms with E-state index in [1.807, 2.05) is 6.08 Å². The highest BCUT2D eigenvalue weighted by Gasteiger charge is 2.19. The van der Waals surface area contributed by atoms with Gasteiger partial charge in [0.1, 0.15) is 5.76 Å². The summed E-state index contributed by atoms with van der Waals surface area (Å²) in [6.07, 6.45) is 3.95. The largest absolute Gasteiger partial charge is 0.458 e. The molecule has 0 saturated heterocycles. The predicted octanol–water partition coefficient (Wildman–Crippen LogP) is 0.881. The van der Waals surface area contributed by atoms with Crippen LogP contribution in [-0.2, 0) is 9.47 Å². The Morgan fingerprint density at radius 1 is 1.36 bits per heavy atom. The van der Waals surface area contributed by atoms with E-state index in [1.165, 1.54) is 5.57 Å². The second-order valence-corrected chi connectivity index (χ2v) is 2.70. The normalized spacial score (nSPS) is 22.1. The van der Waals surface area contributed by atoms with Gasteiger partial charge in [-0.1, -0.05) is 5.57 Å². The van der Waals surface area contributed by atoms with E-state index in [1.54, 1.807) is 0 Å². The van der Waals surface area contributed by atoms with Gasteiger partial charge in [0.05, 0.1) is 0 Å². The Kier molecular flexibility index (Phi) is 1.58. The van der Waals surface area contributed by atoms with E-state index in [0.717, 1.165) is 24.4 Å². The van der Waals surface area contributed by atoms with Gasteiger partial charge in [-0.2, -0.15) is 0 Å². The first kappa shape index (κ1) is 6.73. The maximum Gasteiger partial charge on any atom is 0.230 e. The highest BCUT2D eigenvalue weighted by Crippen LogP contribution is 2.28. The van der Waals surface area contributed by atoms with Crippen LogP contribution in [0.3, 0.4) is 0 Å². The predicted molar refractivity (Wildman–Crippen MR) is 40.4 cm³/mol. The molecule has 0 bridgehead atoms. The molecule has 1 heterocycles. The molecule has 0 unspecified atom stereocenters. The molecule has 0 spiro atoms. The number of hydrogen-bond donors (Lipinski definition) is 1. The van der Waals surface area contributed by atoms with Crippen LogP contribution in [0, 0.1) is 0 Å². The Morgan fingerprint density at radius 3 is 3.09 bits per heavy atom. The molecule has 1 aliphatic carbocycles. The molecule has 3 heteroatoms. The first-order valence-electron chi connectivity index (χ1n) is 3.78. The van der Waals surface area contributed by atoms with Crippen LogP contribution in [0.1, 0.15) is 12.8 Å². The summed E-state index contributed by atoms with van der Waals surface area (Å²) in [6, 6.07) is 0. The van der Waals surface area contributed by atoms with Crippen LogP contribution >= 0.6 is 0 Å². The molecule has 2 N–H and O–H groups in total. The Bertz CT molecular complexity index is 230. The van der Waals surface area contributed by atoms with Crippen molar-refractivity contribution in [2.45, 2.75) is 12.8 Å². The molecular weight excluding hydrogens is 142 g/mol. The van der Waals surface area contributed by atoms with Gasteiger partial charge in [0, 0.05) is 13.0 Å². The fourth-order valence-electron chi connectivity index (χ4n) is 1.33. The Balaban J connectivity index is 2.21. The van der Waals surface area contributed by atoms with Crippen LogP contribution in [0.15, 0.2) is 23.2 Å². The van der Waals surface area contributed by atoms with Gasteiger partial charge >= 0.3 is 0 Å². The number of allylic oxidation sites excluding steroid dienone is 2. The summed E-state index contributed by atoms with van der Waals surface area (Å²) < 4.78 is 10.4. The topological polar surface area (TPSA) is 44.5 Å². The Hall–Kier alpha value is -0.960. The molecule has 0 amide bonds. The van der Waals surface area contributed by atoms with E-state index in [-0.39, 0.29) is 0 Å². The lowest BCUT2D eigenvalue weighted by Crippen LogP contribution is -2.07. The maximum absolute atomic E-state index is 5.50. The second-order valence-electron chi connectivity index (χ2n) is 2.70. The van der Waals surface area contributed by atoms with Gasteiger partial charge in [-0.05, 0) is 12.5 Å². The SMILES string of the molecule is NCC1=CC2=C(CC1)OCO2. The van der Waals surface area contributed by atoms with E-state index in [9.17, 15) is 0 Å². The monoisotopic (exact) mass is 153 g/mol. The fraction of sp³-hybridized carbons (Fsp3) is 0.500. The number of nitrogens with two attached hydrogens (primary N) is 1. The smallest absolute Gasteiger partial charge is 0.230 e. The molecule has 0 fully saturated rings. The summed E-state index contributed by atoms with van der Waals surface area (Å²) in [5.41, 5.74) is 6.74. The van der Waals surface area contributed by atoms with E-state index in [2.05, 4.69) is 0 Å². The van der Waals surface area contributed by atoms with Gasteiger partial charge in [-0.3, -0.25) is 0 Å². The van der Waals surface area contributed by atoms with E-state index in [0.29, 0.717) is 13.3 Å². The summed E-state index contributed by atoms with van der Waals surface area (Å²) in [5, 5.41) is 0. The lowest BCUT2D eigenvalue weighted by molar-refractivity contribution is 0.0729. The molecule has 0 aromatic heterocycles. The Morgan fingerprint density at radius 2 is 2.27 bits per heavy atom. The van der Waals surface area contributed by atoms with Crippen molar-refractivity contribution in [2.24, 2.45) is 5.73 Å². The molecule has 0 aromatic rings. The third kappa shape index (κ3) is 1.12. The van der Waals surface area contributed by atoms with E-state index in [4.69, 9.17) is 15.2 Å². The molecule has 0 aromatic carbocycles. The highest BCUT2D eigenvalue weighted by atomic mass is 16.7. The molecule has 0 atom stereocenters. The number of hydrogen-bond acceptors (Lipinski definition) is 3. The first-order chi connectivity index (χ1) is 5.40. The van der Waals surface area contributed by atoms with Crippen LogP contribution in [0.2, 0.25) is 0 Å². The second kappa shape index (κ2) is 2.58. The van der Waals surface area contributed by atoms with Crippen LogP contribution in [0.4, 0.5) is 0 Å². The first-order valence-corrected chi connectivity index (χ1v) is 3.78. The number of ether oxygens (including phenoxy) is 2. The summed E-state index contributed by atoms with van der Waals surface area (Å²) >= 11 is 0. The minimum Gasteiger partial charge on any atom is -0.458 e. The van der Waals surface area contributed by atoms with Gasteiger partial charge in [0.2, 0.25) is 6.79 Å². The van der Waals surface area contributed by atoms with Crippen LogP contribution in [0.25, 0.3) is 0 Å². The molecule has 2 rings (SSSR count). The summed E-state index contributed by atoms with van der Waals surface area (Å²) in [6.45, 7) is 0.999. The zero-order valence-electron chi connectivity index (χ0n) is 6.30. The average Bonchev–Trinajstić information content (AvgIpc) is 2.50. The van der Waals surface area contributed by atoms with Gasteiger partial charge in [-0.15, -0.1) is 0 Å². The van der Waals surface area contributed by atoms with Crippen molar-refractivity contribution >= 4 is 0 Å². The molecule has 11 heavy (non-hydrogen) atoms. The van der Waals surface area contributed by atoms with Crippen LogP contribution in [-0.4, -0.2) is 13.3 Å². The number of rotatable bonds is 1. The fourth-order valence-corrected chi connectivity index (χ4v) is 1.33. The molecule has 0 saturated carbocycles. The molecular formula is C8H11NO2. The average molecular weight is 153 g/mol. The molecule has 2 aliphatic rings. The van der Waals surface area contributed by atoms with Gasteiger partial charge < -0.3 is 15.2 Å². The third-order valence-corrected chi connectivity index (χ3v) is 1.99. The lowest BCUT2D eigenvalue weighted by Gasteiger charge is -2.10. The van der Waals surface area contributed by atoms with Crippen molar-refractivity contribution in [2.75, 3.05) is 13.3 Å². The molecule has 60 valence electrons. The highest BCUT2D eigenvalue weighted by molar-refractivity contribution is 5.28.